The van der Waals surface area contributed by atoms with E-state index in [-0.39, 0.29) is 22.9 Å². The zero-order chi connectivity index (χ0) is 23.5. The number of nitrogens with zero attached hydrogens (tertiary/aromatic N) is 6. The maximum Gasteiger partial charge on any atom is 0.259 e. The van der Waals surface area contributed by atoms with Crippen molar-refractivity contribution in [2.45, 2.75) is 6.10 Å². The monoisotopic (exact) mass is 456 g/mol. The van der Waals surface area contributed by atoms with E-state index in [0.717, 1.165) is 22.9 Å². The van der Waals surface area contributed by atoms with Gasteiger partial charge in [-0.1, -0.05) is 24.8 Å². The fourth-order valence-corrected chi connectivity index (χ4v) is 3.99. The largest absolute Gasteiger partial charge is 0.370 e. The molecule has 1 saturated heterocycles. The number of benzene rings is 1. The van der Waals surface area contributed by atoms with Crippen LogP contribution < -0.4 is 10.5 Å². The zero-order valence-corrected chi connectivity index (χ0v) is 18.2. The first-order chi connectivity index (χ1) is 16.6. The van der Waals surface area contributed by atoms with Crippen LogP contribution in [-0.4, -0.2) is 44.2 Å². The second-order valence-corrected chi connectivity index (χ2v) is 7.75. The Hall–Kier alpha value is -4.24. The predicted octanol–water partition coefficient (Wildman–Crippen LogP) is 3.58. The van der Waals surface area contributed by atoms with E-state index in [1.54, 1.807) is 12.4 Å². The number of pyridine rings is 1. The standard InChI is InChI=1S/C25H21FN6O2/c1-2-32-24(33)11-22(20-6-7-27-14-21(20)26)30-25(32)31-8-9-34-23(15-31)18-5-3-4-17(10-18)19-12-28-16-29-13-19/h2-7,10-14,16,23H,1,8-9,15H2. The number of morpholine rings is 1. The van der Waals surface area contributed by atoms with Crippen LogP contribution >= 0.6 is 0 Å². The molecule has 5 rings (SSSR count). The molecule has 0 aliphatic carbocycles. The molecule has 0 spiro atoms. The molecule has 4 aromatic rings. The molecule has 9 heteroatoms. The van der Waals surface area contributed by atoms with Crippen molar-refractivity contribution < 1.29 is 9.13 Å². The van der Waals surface area contributed by atoms with Gasteiger partial charge in [-0.2, -0.15) is 0 Å². The van der Waals surface area contributed by atoms with Gasteiger partial charge in [-0.05, 0) is 23.3 Å². The van der Waals surface area contributed by atoms with Crippen molar-refractivity contribution in [3.05, 3.63) is 95.8 Å². The summed E-state index contributed by atoms with van der Waals surface area (Å²) in [4.78, 5) is 31.4. The molecular weight excluding hydrogens is 435 g/mol. The van der Waals surface area contributed by atoms with Gasteiger partial charge < -0.3 is 9.64 Å². The Balaban J connectivity index is 1.49. The van der Waals surface area contributed by atoms with Crippen molar-refractivity contribution in [1.82, 2.24) is 24.5 Å². The maximum absolute atomic E-state index is 14.4. The van der Waals surface area contributed by atoms with E-state index in [2.05, 4.69) is 26.5 Å². The fourth-order valence-electron chi connectivity index (χ4n) is 3.99. The highest BCUT2D eigenvalue weighted by Crippen LogP contribution is 2.29. The second kappa shape index (κ2) is 9.32. The van der Waals surface area contributed by atoms with E-state index in [0.29, 0.717) is 25.6 Å². The van der Waals surface area contributed by atoms with E-state index in [1.807, 2.05) is 29.2 Å². The van der Waals surface area contributed by atoms with E-state index >= 15 is 0 Å². The molecule has 3 aromatic heterocycles. The normalized spacial score (nSPS) is 15.8. The van der Waals surface area contributed by atoms with E-state index in [9.17, 15) is 9.18 Å². The lowest BCUT2D eigenvalue weighted by molar-refractivity contribution is 0.0391. The van der Waals surface area contributed by atoms with Crippen molar-refractivity contribution in [3.8, 4) is 22.4 Å². The molecule has 1 aliphatic rings. The molecule has 4 heterocycles. The number of halogens is 1. The third-order valence-corrected chi connectivity index (χ3v) is 5.67. The summed E-state index contributed by atoms with van der Waals surface area (Å²) in [5, 5.41) is 0. The van der Waals surface area contributed by atoms with Crippen LogP contribution in [0.4, 0.5) is 10.3 Å². The Morgan fingerprint density at radius 1 is 1.09 bits per heavy atom. The molecule has 0 amide bonds. The molecule has 8 nitrogen and oxygen atoms in total. The van der Waals surface area contributed by atoms with Gasteiger partial charge in [-0.15, -0.1) is 0 Å². The molecule has 1 atom stereocenters. The summed E-state index contributed by atoms with van der Waals surface area (Å²) >= 11 is 0. The van der Waals surface area contributed by atoms with Crippen molar-refractivity contribution in [2.75, 3.05) is 24.6 Å². The number of ether oxygens (including phenoxy) is 1. The first-order valence-corrected chi connectivity index (χ1v) is 10.7. The smallest absolute Gasteiger partial charge is 0.259 e. The van der Waals surface area contributed by atoms with Crippen LogP contribution in [-0.2, 0) is 4.74 Å². The quantitative estimate of drug-likeness (QED) is 0.454. The van der Waals surface area contributed by atoms with Gasteiger partial charge >= 0.3 is 0 Å². The summed E-state index contributed by atoms with van der Waals surface area (Å²) in [5.41, 5.74) is 2.98. The Morgan fingerprint density at radius 2 is 1.94 bits per heavy atom. The number of rotatable bonds is 5. The minimum atomic E-state index is -0.543. The molecule has 0 radical (unpaired) electrons. The molecule has 0 saturated carbocycles. The van der Waals surface area contributed by atoms with E-state index < -0.39 is 5.82 Å². The number of aromatic nitrogens is 5. The molecule has 0 bridgehead atoms. The average Bonchev–Trinajstić information content (AvgIpc) is 2.89. The molecular formula is C25H21FN6O2. The highest BCUT2D eigenvalue weighted by atomic mass is 19.1. The van der Waals surface area contributed by atoms with Crippen LogP contribution in [0.15, 0.2) is 78.9 Å². The molecule has 1 fully saturated rings. The van der Waals surface area contributed by atoms with E-state index in [4.69, 9.17) is 4.74 Å². The van der Waals surface area contributed by atoms with Gasteiger partial charge in [0.1, 0.15) is 12.4 Å². The van der Waals surface area contributed by atoms with Gasteiger partial charge in [0.2, 0.25) is 5.95 Å². The first-order valence-electron chi connectivity index (χ1n) is 10.7. The number of anilines is 1. The molecule has 1 unspecified atom stereocenters. The maximum atomic E-state index is 14.4. The van der Waals surface area contributed by atoms with Crippen molar-refractivity contribution in [2.24, 2.45) is 0 Å². The van der Waals surface area contributed by atoms with Gasteiger partial charge in [0.05, 0.1) is 25.0 Å². The van der Waals surface area contributed by atoms with Crippen molar-refractivity contribution in [1.29, 1.82) is 0 Å². The number of hydrogen-bond acceptors (Lipinski definition) is 7. The summed E-state index contributed by atoms with van der Waals surface area (Å²) in [6.45, 7) is 5.17. The Labute approximate surface area is 195 Å². The SMILES string of the molecule is C=Cn1c(N2CCOC(c3cccc(-c4cncnc4)c3)C2)nc(-c2ccncc2F)cc1=O. The van der Waals surface area contributed by atoms with Crippen LogP contribution in [0.25, 0.3) is 28.6 Å². The Morgan fingerprint density at radius 3 is 2.74 bits per heavy atom. The minimum Gasteiger partial charge on any atom is -0.370 e. The highest BCUT2D eigenvalue weighted by Gasteiger charge is 2.26. The lowest BCUT2D eigenvalue weighted by Crippen LogP contribution is -2.41. The summed E-state index contributed by atoms with van der Waals surface area (Å²) in [6.07, 6.45) is 8.74. The van der Waals surface area contributed by atoms with Crippen LogP contribution in [0.5, 0.6) is 0 Å². The summed E-state index contributed by atoms with van der Waals surface area (Å²) in [6, 6.07) is 10.8. The summed E-state index contributed by atoms with van der Waals surface area (Å²) in [7, 11) is 0. The fraction of sp³-hybridized carbons (Fsp3) is 0.160. The summed E-state index contributed by atoms with van der Waals surface area (Å²) in [5.74, 6) is -0.159. The highest BCUT2D eigenvalue weighted by molar-refractivity contribution is 5.63. The topological polar surface area (TPSA) is 86.0 Å². The van der Waals surface area contributed by atoms with Crippen molar-refractivity contribution >= 4 is 12.1 Å². The van der Waals surface area contributed by atoms with Crippen LogP contribution in [0.3, 0.4) is 0 Å². The molecule has 1 aliphatic heterocycles. The molecule has 170 valence electrons. The van der Waals surface area contributed by atoms with Crippen molar-refractivity contribution in [3.63, 3.8) is 0 Å². The van der Waals surface area contributed by atoms with Crippen LogP contribution in [0, 0.1) is 5.82 Å². The number of hydrogen-bond donors (Lipinski definition) is 0. The van der Waals surface area contributed by atoms with Crippen LogP contribution in [0.2, 0.25) is 0 Å². The Bertz CT molecular complexity index is 1390. The van der Waals surface area contributed by atoms with Gasteiger partial charge in [0.25, 0.3) is 5.56 Å². The van der Waals surface area contributed by atoms with Crippen LogP contribution in [0.1, 0.15) is 11.7 Å². The lowest BCUT2D eigenvalue weighted by Gasteiger charge is -2.34. The molecule has 34 heavy (non-hydrogen) atoms. The predicted molar refractivity (Wildman–Crippen MR) is 126 cm³/mol. The lowest BCUT2D eigenvalue weighted by atomic mass is 10.0. The Kier molecular flexibility index (Phi) is 5.92. The first kappa shape index (κ1) is 21.6. The third-order valence-electron chi connectivity index (χ3n) is 5.67. The molecule has 1 aromatic carbocycles. The van der Waals surface area contributed by atoms with Gasteiger partial charge in [0, 0.05) is 48.5 Å². The minimum absolute atomic E-state index is 0.215. The second-order valence-electron chi connectivity index (χ2n) is 7.75. The zero-order valence-electron chi connectivity index (χ0n) is 18.2. The van der Waals surface area contributed by atoms with Gasteiger partial charge in [-0.25, -0.2) is 19.3 Å². The van der Waals surface area contributed by atoms with E-state index in [1.165, 1.54) is 35.4 Å². The average molecular weight is 456 g/mol. The van der Waals surface area contributed by atoms with Gasteiger partial charge in [-0.3, -0.25) is 14.3 Å². The molecule has 0 N–H and O–H groups in total. The summed E-state index contributed by atoms with van der Waals surface area (Å²) < 4.78 is 21.8. The van der Waals surface area contributed by atoms with Gasteiger partial charge in [0.15, 0.2) is 5.82 Å². The third kappa shape index (κ3) is 4.20.